The highest BCUT2D eigenvalue weighted by Crippen LogP contribution is 2.35. The molecule has 16 heavy (non-hydrogen) atoms. The lowest BCUT2D eigenvalue weighted by molar-refractivity contribution is 0.156. The zero-order valence-corrected chi connectivity index (χ0v) is 10.7. The molecule has 0 bridgehead atoms. The van der Waals surface area contributed by atoms with Crippen LogP contribution in [0.3, 0.4) is 0 Å². The minimum Gasteiger partial charge on any atom is -0.490 e. The van der Waals surface area contributed by atoms with E-state index in [-0.39, 0.29) is 12.1 Å². The zero-order valence-electron chi connectivity index (χ0n) is 9.90. The first-order valence-corrected chi connectivity index (χ1v) is 7.12. The maximum absolute atomic E-state index is 6.19. The molecule has 0 aromatic heterocycles. The number of fused-ring (bicyclic) bond motifs is 1. The van der Waals surface area contributed by atoms with E-state index in [1.165, 1.54) is 11.1 Å². The quantitative estimate of drug-likeness (QED) is 0.878. The van der Waals surface area contributed by atoms with Crippen LogP contribution in [0.25, 0.3) is 0 Å². The van der Waals surface area contributed by atoms with Gasteiger partial charge in [-0.25, -0.2) is 0 Å². The summed E-state index contributed by atoms with van der Waals surface area (Å²) in [7, 11) is 0. The summed E-state index contributed by atoms with van der Waals surface area (Å²) in [5.74, 6) is 2.12. The van der Waals surface area contributed by atoms with Gasteiger partial charge in [0.05, 0.1) is 0 Å². The largest absolute Gasteiger partial charge is 0.490 e. The maximum Gasteiger partial charge on any atom is 0.124 e. The lowest BCUT2D eigenvalue weighted by atomic mass is 9.95. The summed E-state index contributed by atoms with van der Waals surface area (Å²) in [6.07, 6.45) is 4.44. The van der Waals surface area contributed by atoms with Gasteiger partial charge in [-0.3, -0.25) is 0 Å². The fourth-order valence-electron chi connectivity index (χ4n) is 2.13. The van der Waals surface area contributed by atoms with E-state index in [0.29, 0.717) is 0 Å². The second-order valence-corrected chi connectivity index (χ2v) is 5.39. The molecular formula is C13H19NOS. The molecule has 1 aliphatic rings. The van der Waals surface area contributed by atoms with E-state index < -0.39 is 0 Å². The van der Waals surface area contributed by atoms with E-state index in [0.717, 1.165) is 24.3 Å². The first-order valence-electron chi connectivity index (χ1n) is 5.72. The van der Waals surface area contributed by atoms with Crippen LogP contribution in [0.15, 0.2) is 18.2 Å². The predicted molar refractivity (Wildman–Crippen MR) is 70.1 cm³/mol. The van der Waals surface area contributed by atoms with Crippen molar-refractivity contribution in [1.29, 1.82) is 0 Å². The molecular weight excluding hydrogens is 218 g/mol. The number of hydrogen-bond acceptors (Lipinski definition) is 3. The third-order valence-corrected chi connectivity index (χ3v) is 3.66. The van der Waals surface area contributed by atoms with Crippen LogP contribution in [0.2, 0.25) is 0 Å². The highest BCUT2D eigenvalue weighted by atomic mass is 32.2. The van der Waals surface area contributed by atoms with Crippen molar-refractivity contribution in [3.05, 3.63) is 29.3 Å². The Balaban J connectivity index is 2.13. The molecule has 1 aliphatic heterocycles. The molecule has 2 rings (SSSR count). The van der Waals surface area contributed by atoms with Gasteiger partial charge in [-0.05, 0) is 31.4 Å². The van der Waals surface area contributed by atoms with Crippen LogP contribution in [-0.2, 0) is 0 Å². The third kappa shape index (κ3) is 2.53. The lowest BCUT2D eigenvalue weighted by Gasteiger charge is -2.30. The van der Waals surface area contributed by atoms with Crippen molar-refractivity contribution in [3.8, 4) is 5.75 Å². The highest BCUT2D eigenvalue weighted by Gasteiger charge is 2.25. The van der Waals surface area contributed by atoms with Gasteiger partial charge in [0.25, 0.3) is 0 Å². The standard InChI is InChI=1S/C13H19NOS/c1-9-3-4-13-11(7-9)12(14)8-10(15-13)5-6-16-2/h3-4,7,10,12H,5-6,8,14H2,1-2H3/t10?,12-/m0/s1. The normalized spacial score (nSPS) is 23.7. The van der Waals surface area contributed by atoms with Crippen LogP contribution >= 0.6 is 11.8 Å². The molecule has 1 heterocycles. The number of nitrogens with two attached hydrogens (primary N) is 1. The number of thioether (sulfide) groups is 1. The topological polar surface area (TPSA) is 35.2 Å². The molecule has 0 aliphatic carbocycles. The molecule has 0 radical (unpaired) electrons. The fraction of sp³-hybridized carbons (Fsp3) is 0.538. The Morgan fingerprint density at radius 2 is 2.31 bits per heavy atom. The number of benzene rings is 1. The van der Waals surface area contributed by atoms with E-state index in [1.807, 2.05) is 11.8 Å². The average Bonchev–Trinajstić information content (AvgIpc) is 2.27. The van der Waals surface area contributed by atoms with Crippen LogP contribution in [-0.4, -0.2) is 18.1 Å². The molecule has 0 fully saturated rings. The van der Waals surface area contributed by atoms with Crippen LogP contribution in [0, 0.1) is 6.92 Å². The third-order valence-electron chi connectivity index (χ3n) is 3.02. The Labute approximate surface area is 102 Å². The summed E-state index contributed by atoms with van der Waals surface area (Å²) in [5.41, 5.74) is 8.61. The summed E-state index contributed by atoms with van der Waals surface area (Å²) < 4.78 is 5.97. The van der Waals surface area contributed by atoms with E-state index in [2.05, 4.69) is 31.4 Å². The first kappa shape index (κ1) is 11.8. The van der Waals surface area contributed by atoms with Crippen LogP contribution in [0.1, 0.15) is 30.0 Å². The van der Waals surface area contributed by atoms with Gasteiger partial charge >= 0.3 is 0 Å². The molecule has 1 unspecified atom stereocenters. The van der Waals surface area contributed by atoms with E-state index in [1.54, 1.807) is 0 Å². The number of hydrogen-bond donors (Lipinski definition) is 1. The molecule has 1 aromatic carbocycles. The van der Waals surface area contributed by atoms with Crippen molar-refractivity contribution < 1.29 is 4.74 Å². The maximum atomic E-state index is 6.19. The van der Waals surface area contributed by atoms with Crippen molar-refractivity contribution in [2.24, 2.45) is 5.73 Å². The van der Waals surface area contributed by atoms with Crippen molar-refractivity contribution >= 4 is 11.8 Å². The van der Waals surface area contributed by atoms with Crippen molar-refractivity contribution in [2.45, 2.75) is 31.9 Å². The summed E-state index contributed by atoms with van der Waals surface area (Å²) in [6, 6.07) is 6.42. The molecule has 2 nitrogen and oxygen atoms in total. The van der Waals surface area contributed by atoms with Gasteiger partial charge in [-0.15, -0.1) is 0 Å². The Hall–Kier alpha value is -0.670. The smallest absolute Gasteiger partial charge is 0.124 e. The highest BCUT2D eigenvalue weighted by molar-refractivity contribution is 7.98. The molecule has 2 N–H and O–H groups in total. The molecule has 88 valence electrons. The van der Waals surface area contributed by atoms with Crippen LogP contribution in [0.4, 0.5) is 0 Å². The van der Waals surface area contributed by atoms with Gasteiger partial charge in [-0.2, -0.15) is 11.8 Å². The van der Waals surface area contributed by atoms with E-state index >= 15 is 0 Å². The molecule has 2 atom stereocenters. The predicted octanol–water partition coefficient (Wildman–Crippen LogP) is 2.90. The molecule has 0 saturated heterocycles. The SMILES string of the molecule is CSCCC1C[C@H](N)c2cc(C)ccc2O1. The number of rotatable bonds is 3. The van der Waals surface area contributed by atoms with Crippen molar-refractivity contribution in [2.75, 3.05) is 12.0 Å². The second kappa shape index (κ2) is 5.11. The van der Waals surface area contributed by atoms with Gasteiger partial charge in [0.15, 0.2) is 0 Å². The Morgan fingerprint density at radius 1 is 1.50 bits per heavy atom. The molecule has 3 heteroatoms. The van der Waals surface area contributed by atoms with Crippen LogP contribution in [0.5, 0.6) is 5.75 Å². The molecule has 0 spiro atoms. The van der Waals surface area contributed by atoms with Gasteiger partial charge < -0.3 is 10.5 Å². The minimum atomic E-state index is 0.135. The number of aryl methyl sites for hydroxylation is 1. The van der Waals surface area contributed by atoms with Gasteiger partial charge in [-0.1, -0.05) is 17.7 Å². The zero-order chi connectivity index (χ0) is 11.5. The second-order valence-electron chi connectivity index (χ2n) is 4.40. The summed E-state index contributed by atoms with van der Waals surface area (Å²) in [5, 5.41) is 0. The van der Waals surface area contributed by atoms with Crippen LogP contribution < -0.4 is 10.5 Å². The van der Waals surface area contributed by atoms with E-state index in [4.69, 9.17) is 10.5 Å². The lowest BCUT2D eigenvalue weighted by Crippen LogP contribution is -2.30. The van der Waals surface area contributed by atoms with Crippen molar-refractivity contribution in [1.82, 2.24) is 0 Å². The monoisotopic (exact) mass is 237 g/mol. The van der Waals surface area contributed by atoms with Gasteiger partial charge in [0.1, 0.15) is 11.9 Å². The minimum absolute atomic E-state index is 0.135. The molecule has 0 saturated carbocycles. The van der Waals surface area contributed by atoms with Gasteiger partial charge in [0.2, 0.25) is 0 Å². The summed E-state index contributed by atoms with van der Waals surface area (Å²) >= 11 is 1.86. The van der Waals surface area contributed by atoms with Gasteiger partial charge in [0, 0.05) is 18.0 Å². The summed E-state index contributed by atoms with van der Waals surface area (Å²) in [6.45, 7) is 2.09. The van der Waals surface area contributed by atoms with E-state index in [9.17, 15) is 0 Å². The Kier molecular flexibility index (Phi) is 3.77. The first-order chi connectivity index (χ1) is 7.70. The Morgan fingerprint density at radius 3 is 3.06 bits per heavy atom. The van der Waals surface area contributed by atoms with Crippen molar-refractivity contribution in [3.63, 3.8) is 0 Å². The number of ether oxygens (including phenoxy) is 1. The molecule has 1 aromatic rings. The average molecular weight is 237 g/mol. The Bertz CT molecular complexity index is 367. The molecule has 0 amide bonds. The fourth-order valence-corrected chi connectivity index (χ4v) is 2.63. The summed E-state index contributed by atoms with van der Waals surface area (Å²) in [4.78, 5) is 0.